The fraction of sp³-hybridized carbons (Fsp3) is 1.00. The molecule has 0 saturated heterocycles. The smallest absolute Gasteiger partial charge is 0.0463 e. The third kappa shape index (κ3) is 16.5. The largest absolute Gasteiger partial charge is 0.382 e. The van der Waals surface area contributed by atoms with Gasteiger partial charge in [-0.15, -0.1) is 0 Å². The molecule has 0 aliphatic rings. The lowest BCUT2D eigenvalue weighted by Crippen LogP contribution is -1.88. The van der Waals surface area contributed by atoms with Crippen LogP contribution in [-0.4, -0.2) is 13.2 Å². The summed E-state index contributed by atoms with van der Waals surface area (Å²) in [6, 6.07) is 0. The fourth-order valence-corrected chi connectivity index (χ4v) is 0.577. The van der Waals surface area contributed by atoms with Gasteiger partial charge in [-0.2, -0.15) is 0 Å². The van der Waals surface area contributed by atoms with Crippen molar-refractivity contribution >= 4 is 0 Å². The van der Waals surface area contributed by atoms with Crippen molar-refractivity contribution in [2.75, 3.05) is 13.2 Å². The molecule has 0 amide bonds. The topological polar surface area (TPSA) is 9.23 Å². The van der Waals surface area contributed by atoms with Gasteiger partial charge in [0, 0.05) is 13.2 Å². The van der Waals surface area contributed by atoms with Crippen molar-refractivity contribution in [1.29, 1.82) is 0 Å². The van der Waals surface area contributed by atoms with E-state index in [1.807, 2.05) is 6.92 Å². The number of hydrogen-bond acceptors (Lipinski definition) is 1. The Morgan fingerprint density at radius 1 is 1.00 bits per heavy atom. The maximum absolute atomic E-state index is 4.98. The molecular weight excluding hydrogens is 148 g/mol. The summed E-state index contributed by atoms with van der Waals surface area (Å²) >= 11 is 0. The summed E-state index contributed by atoms with van der Waals surface area (Å²) < 4.78 is 4.98. The Morgan fingerprint density at radius 3 is 1.58 bits per heavy atom. The second-order valence-electron chi connectivity index (χ2n) is 3.12. The van der Waals surface area contributed by atoms with Gasteiger partial charge in [-0.25, -0.2) is 0 Å². The van der Waals surface area contributed by atoms with Crippen LogP contribution in [-0.2, 0) is 4.74 Å². The van der Waals surface area contributed by atoms with Crippen molar-refractivity contribution in [2.45, 2.75) is 53.9 Å². The van der Waals surface area contributed by atoms with Crippen LogP contribution < -0.4 is 0 Å². The summed E-state index contributed by atoms with van der Waals surface area (Å²) in [7, 11) is 0. The van der Waals surface area contributed by atoms with E-state index in [0.717, 1.165) is 25.6 Å². The molecule has 0 radical (unpaired) electrons. The van der Waals surface area contributed by atoms with Crippen LogP contribution in [0.5, 0.6) is 0 Å². The molecule has 0 rings (SSSR count). The van der Waals surface area contributed by atoms with Gasteiger partial charge < -0.3 is 4.74 Å². The molecule has 0 heterocycles. The first-order valence-electron chi connectivity index (χ1n) is 5.30. The molecule has 12 heavy (non-hydrogen) atoms. The highest BCUT2D eigenvalue weighted by atomic mass is 16.5. The third-order valence-corrected chi connectivity index (χ3v) is 1.95. The number of rotatable bonds is 5. The van der Waals surface area contributed by atoms with Crippen LogP contribution in [0.4, 0.5) is 0 Å². The maximum atomic E-state index is 4.98. The minimum Gasteiger partial charge on any atom is -0.382 e. The van der Waals surface area contributed by atoms with Gasteiger partial charge in [-0.1, -0.05) is 40.5 Å². The Balaban J connectivity index is 0. The van der Waals surface area contributed by atoms with Crippen molar-refractivity contribution < 1.29 is 4.74 Å². The molecule has 0 aromatic heterocycles. The zero-order valence-corrected chi connectivity index (χ0v) is 9.52. The van der Waals surface area contributed by atoms with Crippen LogP contribution in [0.2, 0.25) is 0 Å². The molecule has 0 unspecified atom stereocenters. The first-order chi connectivity index (χ1) is 5.72. The van der Waals surface area contributed by atoms with E-state index in [1.54, 1.807) is 0 Å². The minimum atomic E-state index is 0.855. The molecule has 0 bridgehead atoms. The molecule has 0 aliphatic carbocycles. The van der Waals surface area contributed by atoms with E-state index < -0.39 is 0 Å². The molecule has 0 fully saturated rings. The van der Waals surface area contributed by atoms with Gasteiger partial charge in [0.15, 0.2) is 0 Å². The molecule has 0 N–H and O–H groups in total. The van der Waals surface area contributed by atoms with E-state index in [-0.39, 0.29) is 0 Å². The lowest BCUT2D eigenvalue weighted by atomic mass is 10.1. The summed E-state index contributed by atoms with van der Waals surface area (Å²) in [5, 5.41) is 0. The Morgan fingerprint density at radius 2 is 1.50 bits per heavy atom. The standard InChI is InChI=1S/C6H14.C5H12O/c1-4-6(3)5-2;1-3-5-6-4-2/h6H,4-5H2,1-3H3;3-5H2,1-2H3. The lowest BCUT2D eigenvalue weighted by Gasteiger charge is -1.98. The van der Waals surface area contributed by atoms with Crippen LogP contribution in [0.1, 0.15) is 53.9 Å². The summed E-state index contributed by atoms with van der Waals surface area (Å²) in [4.78, 5) is 0. The van der Waals surface area contributed by atoms with Crippen LogP contribution in [0, 0.1) is 5.92 Å². The Hall–Kier alpha value is -0.0400. The molecule has 0 aromatic rings. The predicted octanol–water partition coefficient (Wildman–Crippen LogP) is 3.88. The quantitative estimate of drug-likeness (QED) is 0.575. The maximum Gasteiger partial charge on any atom is 0.0463 e. The van der Waals surface area contributed by atoms with E-state index in [4.69, 9.17) is 4.74 Å². The zero-order valence-electron chi connectivity index (χ0n) is 9.52. The average Bonchev–Trinajstić information content (AvgIpc) is 2.14. The van der Waals surface area contributed by atoms with Gasteiger partial charge in [-0.3, -0.25) is 0 Å². The summed E-state index contributed by atoms with van der Waals surface area (Å²) in [5.41, 5.74) is 0. The zero-order chi connectivity index (χ0) is 9.82. The van der Waals surface area contributed by atoms with E-state index in [1.165, 1.54) is 12.8 Å². The van der Waals surface area contributed by atoms with Gasteiger partial charge in [0.2, 0.25) is 0 Å². The Bertz CT molecular complexity index is 54.0. The Kier molecular flexibility index (Phi) is 16.3. The predicted molar refractivity (Wildman–Crippen MR) is 56.5 cm³/mol. The van der Waals surface area contributed by atoms with Crippen LogP contribution in [0.15, 0.2) is 0 Å². The monoisotopic (exact) mass is 174 g/mol. The molecule has 0 aromatic carbocycles. The van der Waals surface area contributed by atoms with Gasteiger partial charge >= 0.3 is 0 Å². The highest BCUT2D eigenvalue weighted by molar-refractivity contribution is 4.41. The van der Waals surface area contributed by atoms with Crippen molar-refractivity contribution in [3.63, 3.8) is 0 Å². The fourth-order valence-electron chi connectivity index (χ4n) is 0.577. The van der Waals surface area contributed by atoms with Crippen LogP contribution in [0.25, 0.3) is 0 Å². The molecular formula is C11H26O. The first-order valence-corrected chi connectivity index (χ1v) is 5.30. The van der Waals surface area contributed by atoms with Crippen LogP contribution >= 0.6 is 0 Å². The normalized spacial score (nSPS) is 9.50. The van der Waals surface area contributed by atoms with E-state index in [9.17, 15) is 0 Å². The third-order valence-electron chi connectivity index (χ3n) is 1.95. The van der Waals surface area contributed by atoms with Gasteiger partial charge in [-0.05, 0) is 19.3 Å². The molecule has 0 aliphatic heterocycles. The van der Waals surface area contributed by atoms with Crippen molar-refractivity contribution in [1.82, 2.24) is 0 Å². The number of hydrogen-bond donors (Lipinski definition) is 0. The van der Waals surface area contributed by atoms with Gasteiger partial charge in [0.25, 0.3) is 0 Å². The molecule has 0 spiro atoms. The van der Waals surface area contributed by atoms with Gasteiger partial charge in [0.1, 0.15) is 0 Å². The molecule has 0 atom stereocenters. The highest BCUT2D eigenvalue weighted by Gasteiger charge is 1.88. The van der Waals surface area contributed by atoms with Crippen molar-refractivity contribution in [3.8, 4) is 0 Å². The SMILES string of the molecule is CCC(C)CC.CCCOCC. The van der Waals surface area contributed by atoms with Crippen molar-refractivity contribution in [3.05, 3.63) is 0 Å². The van der Waals surface area contributed by atoms with E-state index >= 15 is 0 Å². The summed E-state index contributed by atoms with van der Waals surface area (Å²) in [5.74, 6) is 0.935. The molecule has 1 heteroatoms. The minimum absolute atomic E-state index is 0.855. The molecule has 1 nitrogen and oxygen atoms in total. The van der Waals surface area contributed by atoms with E-state index in [0.29, 0.717) is 0 Å². The Labute approximate surface area is 78.5 Å². The molecule has 76 valence electrons. The average molecular weight is 174 g/mol. The second-order valence-corrected chi connectivity index (χ2v) is 3.12. The second kappa shape index (κ2) is 13.5. The highest BCUT2D eigenvalue weighted by Crippen LogP contribution is 2.02. The number of ether oxygens (including phenoxy) is 1. The van der Waals surface area contributed by atoms with Crippen LogP contribution in [0.3, 0.4) is 0 Å². The van der Waals surface area contributed by atoms with E-state index in [2.05, 4.69) is 27.7 Å². The summed E-state index contributed by atoms with van der Waals surface area (Å²) in [6.07, 6.45) is 3.79. The lowest BCUT2D eigenvalue weighted by molar-refractivity contribution is 0.148. The molecule has 0 saturated carbocycles. The van der Waals surface area contributed by atoms with Crippen molar-refractivity contribution in [2.24, 2.45) is 5.92 Å². The van der Waals surface area contributed by atoms with Gasteiger partial charge in [0.05, 0.1) is 0 Å². The first kappa shape index (κ1) is 14.5. The summed E-state index contributed by atoms with van der Waals surface area (Å²) in [6.45, 7) is 12.6.